The van der Waals surface area contributed by atoms with Crippen LogP contribution in [0.1, 0.15) is 62.4 Å². The van der Waals surface area contributed by atoms with Gasteiger partial charge in [-0.1, -0.05) is 19.8 Å². The molecule has 8 nitrogen and oxygen atoms in total. The van der Waals surface area contributed by atoms with Gasteiger partial charge in [0.25, 0.3) is 0 Å². The largest absolute Gasteiger partial charge is 0.341 e. The van der Waals surface area contributed by atoms with Gasteiger partial charge in [0.05, 0.1) is 17.9 Å². The summed E-state index contributed by atoms with van der Waals surface area (Å²) in [4.78, 5) is 16.4. The lowest BCUT2D eigenvalue weighted by Crippen LogP contribution is -2.42. The first-order valence-electron chi connectivity index (χ1n) is 9.76. The first-order chi connectivity index (χ1) is 13.2. The SMILES string of the molecule is CC[C@@H]1c2nnc(C)n2-c2cnc(-n3cnc(C)c3)nc2N1C1CCCC1. The Balaban J connectivity index is 1.71. The van der Waals surface area contributed by atoms with Gasteiger partial charge in [-0.25, -0.2) is 9.97 Å². The van der Waals surface area contributed by atoms with Crippen molar-refractivity contribution in [3.05, 3.63) is 36.1 Å². The number of aryl methyl sites for hydroxylation is 2. The second-order valence-electron chi connectivity index (χ2n) is 7.51. The van der Waals surface area contributed by atoms with Gasteiger partial charge in [-0.05, 0) is 33.1 Å². The topological polar surface area (TPSA) is 77.5 Å². The minimum atomic E-state index is 0.189. The Morgan fingerprint density at radius 3 is 2.63 bits per heavy atom. The summed E-state index contributed by atoms with van der Waals surface area (Å²) in [6.45, 7) is 6.18. The van der Waals surface area contributed by atoms with E-state index < -0.39 is 0 Å². The summed E-state index contributed by atoms with van der Waals surface area (Å²) in [5.41, 5.74) is 1.93. The van der Waals surface area contributed by atoms with Gasteiger partial charge in [-0.15, -0.1) is 10.2 Å². The van der Waals surface area contributed by atoms with Crippen LogP contribution in [0.2, 0.25) is 0 Å². The highest BCUT2D eigenvalue weighted by Crippen LogP contribution is 2.43. The van der Waals surface area contributed by atoms with Crippen LogP contribution >= 0.6 is 0 Å². The Kier molecular flexibility index (Phi) is 3.73. The van der Waals surface area contributed by atoms with E-state index in [0.717, 1.165) is 35.3 Å². The normalized spacial score (nSPS) is 19.4. The Bertz CT molecular complexity index is 982. The van der Waals surface area contributed by atoms with Crippen LogP contribution in [0.15, 0.2) is 18.7 Å². The van der Waals surface area contributed by atoms with Gasteiger partial charge >= 0.3 is 0 Å². The molecule has 140 valence electrons. The maximum Gasteiger partial charge on any atom is 0.236 e. The maximum absolute atomic E-state index is 5.00. The van der Waals surface area contributed by atoms with E-state index in [-0.39, 0.29) is 6.04 Å². The van der Waals surface area contributed by atoms with E-state index in [4.69, 9.17) is 4.98 Å². The molecule has 0 N–H and O–H groups in total. The number of aromatic nitrogens is 7. The molecule has 3 aromatic rings. The van der Waals surface area contributed by atoms with E-state index >= 15 is 0 Å². The molecule has 0 radical (unpaired) electrons. The zero-order valence-corrected chi connectivity index (χ0v) is 16.0. The molecule has 2 aliphatic rings. The second kappa shape index (κ2) is 6.14. The van der Waals surface area contributed by atoms with Crippen LogP contribution in [0.4, 0.5) is 5.82 Å². The number of nitrogens with zero attached hydrogens (tertiary/aromatic N) is 8. The van der Waals surface area contributed by atoms with E-state index in [0.29, 0.717) is 12.0 Å². The molecule has 27 heavy (non-hydrogen) atoms. The van der Waals surface area contributed by atoms with Crippen molar-refractivity contribution in [1.29, 1.82) is 0 Å². The van der Waals surface area contributed by atoms with E-state index in [1.807, 2.05) is 30.8 Å². The molecular formula is C19H24N8. The molecule has 1 saturated carbocycles. The molecule has 4 heterocycles. The number of fused-ring (bicyclic) bond motifs is 3. The molecule has 3 aromatic heterocycles. The highest BCUT2D eigenvalue weighted by molar-refractivity contribution is 5.63. The third-order valence-electron chi connectivity index (χ3n) is 5.75. The monoisotopic (exact) mass is 364 g/mol. The summed E-state index contributed by atoms with van der Waals surface area (Å²) in [7, 11) is 0. The number of anilines is 1. The van der Waals surface area contributed by atoms with Crippen LogP contribution in [-0.4, -0.2) is 40.3 Å². The maximum atomic E-state index is 5.00. The van der Waals surface area contributed by atoms with Crippen molar-refractivity contribution in [1.82, 2.24) is 34.3 Å². The number of hydrogen-bond donors (Lipinski definition) is 0. The smallest absolute Gasteiger partial charge is 0.236 e. The molecule has 8 heteroatoms. The minimum absolute atomic E-state index is 0.189. The lowest BCUT2D eigenvalue weighted by atomic mass is 10.0. The highest BCUT2D eigenvalue weighted by atomic mass is 15.4. The van der Waals surface area contributed by atoms with Crippen molar-refractivity contribution in [2.75, 3.05) is 4.90 Å². The number of rotatable bonds is 3. The first-order valence-corrected chi connectivity index (χ1v) is 9.76. The number of hydrogen-bond acceptors (Lipinski definition) is 6. The predicted octanol–water partition coefficient (Wildman–Crippen LogP) is 3.07. The van der Waals surface area contributed by atoms with Crippen molar-refractivity contribution in [2.24, 2.45) is 0 Å². The molecule has 5 rings (SSSR count). The highest BCUT2D eigenvalue weighted by Gasteiger charge is 2.39. The Hall–Kier alpha value is -2.77. The summed E-state index contributed by atoms with van der Waals surface area (Å²) < 4.78 is 4.01. The molecule has 0 aromatic carbocycles. The third kappa shape index (κ3) is 2.46. The van der Waals surface area contributed by atoms with E-state index in [1.54, 1.807) is 6.33 Å². The predicted molar refractivity (Wildman–Crippen MR) is 101 cm³/mol. The Morgan fingerprint density at radius 2 is 1.93 bits per heavy atom. The van der Waals surface area contributed by atoms with Crippen LogP contribution in [0.25, 0.3) is 11.6 Å². The quantitative estimate of drug-likeness (QED) is 0.711. The molecule has 0 saturated heterocycles. The fourth-order valence-corrected chi connectivity index (χ4v) is 4.51. The number of imidazole rings is 1. The Morgan fingerprint density at radius 1 is 1.11 bits per heavy atom. The lowest BCUT2D eigenvalue weighted by molar-refractivity contribution is 0.467. The molecule has 1 fully saturated rings. The van der Waals surface area contributed by atoms with Crippen molar-refractivity contribution in [2.45, 2.75) is 65.0 Å². The summed E-state index contributed by atoms with van der Waals surface area (Å²) >= 11 is 0. The summed E-state index contributed by atoms with van der Waals surface area (Å²) in [6, 6.07) is 0.681. The average molecular weight is 364 g/mol. The Labute approximate surface area is 158 Å². The fraction of sp³-hybridized carbons (Fsp3) is 0.526. The van der Waals surface area contributed by atoms with Crippen molar-refractivity contribution in [3.8, 4) is 11.6 Å². The van der Waals surface area contributed by atoms with Gasteiger partial charge in [0.1, 0.15) is 17.8 Å². The minimum Gasteiger partial charge on any atom is -0.341 e. The van der Waals surface area contributed by atoms with Crippen molar-refractivity contribution < 1.29 is 0 Å². The van der Waals surface area contributed by atoms with E-state index in [2.05, 4.69) is 36.6 Å². The lowest BCUT2D eigenvalue weighted by Gasteiger charge is -2.41. The van der Waals surface area contributed by atoms with Crippen LogP contribution in [-0.2, 0) is 0 Å². The fourth-order valence-electron chi connectivity index (χ4n) is 4.51. The molecule has 1 aliphatic carbocycles. The van der Waals surface area contributed by atoms with E-state index in [9.17, 15) is 0 Å². The molecular weight excluding hydrogens is 340 g/mol. The zero-order valence-electron chi connectivity index (χ0n) is 16.0. The average Bonchev–Trinajstić information content (AvgIpc) is 3.42. The van der Waals surface area contributed by atoms with Crippen LogP contribution in [0.3, 0.4) is 0 Å². The first kappa shape index (κ1) is 16.4. The van der Waals surface area contributed by atoms with Gasteiger partial charge in [-0.2, -0.15) is 4.98 Å². The van der Waals surface area contributed by atoms with Crippen molar-refractivity contribution in [3.63, 3.8) is 0 Å². The second-order valence-corrected chi connectivity index (χ2v) is 7.51. The molecule has 1 aliphatic heterocycles. The molecule has 0 bridgehead atoms. The molecule has 1 atom stereocenters. The van der Waals surface area contributed by atoms with Gasteiger partial charge in [0.2, 0.25) is 5.95 Å². The van der Waals surface area contributed by atoms with Crippen LogP contribution < -0.4 is 4.90 Å². The van der Waals surface area contributed by atoms with Gasteiger partial charge in [0.15, 0.2) is 11.6 Å². The van der Waals surface area contributed by atoms with Gasteiger partial charge < -0.3 is 4.90 Å². The summed E-state index contributed by atoms with van der Waals surface area (Å²) in [5.74, 6) is 3.52. The van der Waals surface area contributed by atoms with Gasteiger partial charge in [-0.3, -0.25) is 9.13 Å². The van der Waals surface area contributed by atoms with Crippen molar-refractivity contribution >= 4 is 5.82 Å². The van der Waals surface area contributed by atoms with Gasteiger partial charge in [0, 0.05) is 12.2 Å². The van der Waals surface area contributed by atoms with Crippen LogP contribution in [0, 0.1) is 13.8 Å². The van der Waals surface area contributed by atoms with E-state index in [1.165, 1.54) is 25.7 Å². The van der Waals surface area contributed by atoms with Crippen LogP contribution in [0.5, 0.6) is 0 Å². The summed E-state index contributed by atoms with van der Waals surface area (Å²) in [6.07, 6.45) is 11.6. The molecule has 0 spiro atoms. The summed E-state index contributed by atoms with van der Waals surface area (Å²) in [5, 5.41) is 8.87. The molecule has 0 unspecified atom stereocenters. The molecule has 0 amide bonds. The standard InChI is InChI=1S/C19H24N8/c1-4-15-18-24-23-13(3)26(18)16-9-20-19(25-10-12(2)21-11-25)22-17(16)27(15)14-7-5-6-8-14/h9-11,14-15H,4-8H2,1-3H3/t15-/m1/s1. The third-order valence-corrected chi connectivity index (χ3v) is 5.75. The zero-order chi connectivity index (χ0) is 18.5.